The van der Waals surface area contributed by atoms with E-state index in [9.17, 15) is 5.11 Å². The molecule has 0 aliphatic carbocycles. The van der Waals surface area contributed by atoms with Crippen LogP contribution >= 0.6 is 0 Å². The highest BCUT2D eigenvalue weighted by Gasteiger charge is 2.24. The molecule has 1 aliphatic heterocycles. The minimum atomic E-state index is -0.594. The number of rotatable bonds is 8. The van der Waals surface area contributed by atoms with Crippen LogP contribution in [0.5, 0.6) is 0 Å². The number of hydrogen-bond acceptors (Lipinski definition) is 4. The monoisotopic (exact) mass is 394 g/mol. The molecule has 3 aromatic rings. The number of para-hydroxylation sites is 2. The summed E-state index contributed by atoms with van der Waals surface area (Å²) in [6.45, 7) is 4.44. The Balaban J connectivity index is 1.49. The summed E-state index contributed by atoms with van der Waals surface area (Å²) in [7, 11) is 0. The average molecular weight is 395 g/mol. The van der Waals surface area contributed by atoms with Gasteiger partial charge in [0.15, 0.2) is 0 Å². The zero-order chi connectivity index (χ0) is 20.1. The van der Waals surface area contributed by atoms with Crippen molar-refractivity contribution in [3.63, 3.8) is 0 Å². The molecular weight excluding hydrogens is 364 g/mol. The number of fused-ring (bicyclic) bond motifs is 1. The molecular formula is C24H30N2O3. The van der Waals surface area contributed by atoms with E-state index in [-0.39, 0.29) is 6.10 Å². The van der Waals surface area contributed by atoms with Gasteiger partial charge in [-0.15, -0.1) is 0 Å². The number of nitrogens with zero attached hydrogens (tertiary/aromatic N) is 2. The molecule has 4 rings (SSSR count). The van der Waals surface area contributed by atoms with E-state index in [0.717, 1.165) is 54.9 Å². The maximum absolute atomic E-state index is 10.8. The summed E-state index contributed by atoms with van der Waals surface area (Å²) in [6, 6.07) is 18.4. The van der Waals surface area contributed by atoms with Crippen LogP contribution in [0.1, 0.15) is 49.6 Å². The van der Waals surface area contributed by atoms with Crippen molar-refractivity contribution >= 4 is 11.0 Å². The van der Waals surface area contributed by atoms with E-state index in [1.165, 1.54) is 0 Å². The van der Waals surface area contributed by atoms with Gasteiger partial charge in [0.2, 0.25) is 0 Å². The minimum absolute atomic E-state index is 0.000319. The fraction of sp³-hybridized carbons (Fsp3) is 0.458. The first-order chi connectivity index (χ1) is 14.3. The van der Waals surface area contributed by atoms with E-state index in [4.69, 9.17) is 14.5 Å². The smallest absolute Gasteiger partial charge is 0.113 e. The summed E-state index contributed by atoms with van der Waals surface area (Å²) in [6.07, 6.45) is 2.23. The van der Waals surface area contributed by atoms with Crippen molar-refractivity contribution in [1.82, 2.24) is 9.55 Å². The van der Waals surface area contributed by atoms with Crippen LogP contribution in [0.15, 0.2) is 54.6 Å². The molecule has 1 aromatic heterocycles. The van der Waals surface area contributed by atoms with Gasteiger partial charge in [0.25, 0.3) is 0 Å². The molecule has 0 amide bonds. The lowest BCUT2D eigenvalue weighted by molar-refractivity contribution is -0.0177. The third-order valence-corrected chi connectivity index (χ3v) is 5.70. The number of aliphatic hydroxyl groups is 1. The molecule has 5 nitrogen and oxygen atoms in total. The van der Waals surface area contributed by atoms with Crippen molar-refractivity contribution in [3.8, 4) is 0 Å². The van der Waals surface area contributed by atoms with Crippen LogP contribution < -0.4 is 0 Å². The minimum Gasteiger partial charge on any atom is -0.389 e. The van der Waals surface area contributed by atoms with Crippen molar-refractivity contribution in [2.24, 2.45) is 0 Å². The summed E-state index contributed by atoms with van der Waals surface area (Å²) in [5.74, 6) is 1.43. The topological polar surface area (TPSA) is 56.5 Å². The Bertz CT molecular complexity index is 903. The van der Waals surface area contributed by atoms with Crippen LogP contribution in [-0.4, -0.2) is 40.6 Å². The molecule has 0 spiro atoms. The summed E-state index contributed by atoms with van der Waals surface area (Å²) in [5.41, 5.74) is 3.21. The van der Waals surface area contributed by atoms with Crippen molar-refractivity contribution in [2.45, 2.75) is 50.9 Å². The molecule has 1 aliphatic rings. The Morgan fingerprint density at radius 2 is 1.83 bits per heavy atom. The van der Waals surface area contributed by atoms with Crippen LogP contribution in [0.4, 0.5) is 0 Å². The Kier molecular flexibility index (Phi) is 6.60. The first kappa shape index (κ1) is 20.1. The average Bonchev–Trinajstić information content (AvgIpc) is 3.14. The predicted octanol–water partition coefficient (Wildman–Crippen LogP) is 4.46. The van der Waals surface area contributed by atoms with Gasteiger partial charge < -0.3 is 19.1 Å². The number of benzene rings is 2. The van der Waals surface area contributed by atoms with Gasteiger partial charge >= 0.3 is 0 Å². The summed E-state index contributed by atoms with van der Waals surface area (Å²) >= 11 is 0. The van der Waals surface area contributed by atoms with E-state index >= 15 is 0 Å². The molecule has 1 saturated heterocycles. The van der Waals surface area contributed by atoms with Crippen LogP contribution in [0.2, 0.25) is 0 Å². The lowest BCUT2D eigenvalue weighted by atomic mass is 9.99. The van der Waals surface area contributed by atoms with Gasteiger partial charge in [-0.2, -0.15) is 0 Å². The first-order valence-electron chi connectivity index (χ1n) is 10.6. The zero-order valence-corrected chi connectivity index (χ0v) is 17.0. The second kappa shape index (κ2) is 9.53. The lowest BCUT2D eigenvalue weighted by Crippen LogP contribution is -2.26. The number of imidazole rings is 1. The maximum atomic E-state index is 10.8. The Hall–Kier alpha value is -2.21. The fourth-order valence-corrected chi connectivity index (χ4v) is 4.16. The highest BCUT2D eigenvalue weighted by atomic mass is 16.5. The third kappa shape index (κ3) is 4.69. The van der Waals surface area contributed by atoms with E-state index in [1.807, 2.05) is 36.4 Å². The largest absolute Gasteiger partial charge is 0.389 e. The highest BCUT2D eigenvalue weighted by molar-refractivity contribution is 5.76. The second-order valence-electron chi connectivity index (χ2n) is 7.75. The zero-order valence-electron chi connectivity index (χ0n) is 17.0. The number of hydrogen-bond donors (Lipinski definition) is 1. The molecule has 0 saturated carbocycles. The molecule has 1 fully saturated rings. The highest BCUT2D eigenvalue weighted by Crippen LogP contribution is 2.30. The van der Waals surface area contributed by atoms with Gasteiger partial charge in [-0.1, -0.05) is 49.4 Å². The van der Waals surface area contributed by atoms with Gasteiger partial charge in [0.05, 0.1) is 36.4 Å². The van der Waals surface area contributed by atoms with Crippen molar-refractivity contribution < 1.29 is 14.6 Å². The molecule has 2 aromatic carbocycles. The Morgan fingerprint density at radius 1 is 1.10 bits per heavy atom. The van der Waals surface area contributed by atoms with Crippen molar-refractivity contribution in [1.29, 1.82) is 0 Å². The van der Waals surface area contributed by atoms with Crippen molar-refractivity contribution in [2.75, 3.05) is 19.8 Å². The molecule has 0 radical (unpaired) electrons. The predicted molar refractivity (Wildman–Crippen MR) is 114 cm³/mol. The number of ether oxygens (including phenoxy) is 2. The summed E-state index contributed by atoms with van der Waals surface area (Å²) in [4.78, 5) is 4.90. The standard InChI is InChI=1S/C24H30N2O3/c1-2-23(18-8-4-3-5-9-18)29-17-20(27)16-26-22-11-7-6-10-21(22)25-24(26)19-12-14-28-15-13-19/h3-11,19-20,23,27H,2,12-17H2,1H3. The van der Waals surface area contributed by atoms with Crippen LogP contribution in [0.25, 0.3) is 11.0 Å². The van der Waals surface area contributed by atoms with Gasteiger partial charge in [0, 0.05) is 19.1 Å². The number of aliphatic hydroxyl groups excluding tert-OH is 1. The summed E-state index contributed by atoms with van der Waals surface area (Å²) < 4.78 is 13.8. The molecule has 1 N–H and O–H groups in total. The summed E-state index contributed by atoms with van der Waals surface area (Å²) in [5, 5.41) is 10.8. The SMILES string of the molecule is CCC(OCC(O)Cn1c(C2CCOCC2)nc2ccccc21)c1ccccc1. The van der Waals surface area contributed by atoms with Crippen molar-refractivity contribution in [3.05, 3.63) is 66.0 Å². The Labute approximate surface area is 172 Å². The fourth-order valence-electron chi connectivity index (χ4n) is 4.16. The third-order valence-electron chi connectivity index (χ3n) is 5.70. The molecule has 2 unspecified atom stereocenters. The van der Waals surface area contributed by atoms with E-state index in [2.05, 4.69) is 29.7 Å². The Morgan fingerprint density at radius 3 is 2.59 bits per heavy atom. The second-order valence-corrected chi connectivity index (χ2v) is 7.75. The maximum Gasteiger partial charge on any atom is 0.113 e. The van der Waals surface area contributed by atoms with Crippen LogP contribution in [0.3, 0.4) is 0 Å². The van der Waals surface area contributed by atoms with Gasteiger partial charge in [-0.05, 0) is 37.0 Å². The normalized spacial score (nSPS) is 17.4. The van der Waals surface area contributed by atoms with Crippen LogP contribution in [0, 0.1) is 0 Å². The van der Waals surface area contributed by atoms with E-state index in [0.29, 0.717) is 19.1 Å². The molecule has 2 heterocycles. The molecule has 5 heteroatoms. The van der Waals surface area contributed by atoms with E-state index < -0.39 is 6.10 Å². The lowest BCUT2D eigenvalue weighted by Gasteiger charge is -2.24. The molecule has 2 atom stereocenters. The molecule has 154 valence electrons. The molecule has 0 bridgehead atoms. The molecule has 29 heavy (non-hydrogen) atoms. The first-order valence-corrected chi connectivity index (χ1v) is 10.6. The van der Waals surface area contributed by atoms with Crippen LogP contribution in [-0.2, 0) is 16.0 Å². The van der Waals surface area contributed by atoms with E-state index in [1.54, 1.807) is 0 Å². The van der Waals surface area contributed by atoms with Gasteiger partial charge in [-0.3, -0.25) is 0 Å². The van der Waals surface area contributed by atoms with Gasteiger partial charge in [0.1, 0.15) is 5.82 Å². The quantitative estimate of drug-likeness (QED) is 0.613. The number of aromatic nitrogens is 2. The van der Waals surface area contributed by atoms with Gasteiger partial charge in [-0.25, -0.2) is 4.98 Å².